The fourth-order valence-electron chi connectivity index (χ4n) is 11.1. The van der Waals surface area contributed by atoms with Crippen LogP contribution in [0.1, 0.15) is 129 Å². The lowest BCUT2D eigenvalue weighted by Crippen LogP contribution is -2.24. The number of anilines is 1. The van der Waals surface area contributed by atoms with Gasteiger partial charge in [-0.2, -0.15) is 13.2 Å². The third-order valence-electron chi connectivity index (χ3n) is 17.2. The van der Waals surface area contributed by atoms with Gasteiger partial charge in [-0.25, -0.2) is 25.3 Å². The Morgan fingerprint density at radius 1 is 0.522 bits per heavy atom. The van der Waals surface area contributed by atoms with Gasteiger partial charge in [-0.15, -0.1) is 13.2 Å². The molecule has 14 nitrogen and oxygen atoms in total. The highest BCUT2D eigenvalue weighted by Gasteiger charge is 2.36. The lowest BCUT2D eigenvalue weighted by atomic mass is 10.1. The fourth-order valence-corrected chi connectivity index (χ4v) is 15.4. The average Bonchev–Trinajstić information content (AvgIpc) is 1.69. The number of carbonyl (C=O) groups is 1. The van der Waals surface area contributed by atoms with E-state index >= 15 is 0 Å². The first-order chi connectivity index (χ1) is 54.4. The Morgan fingerprint density at radius 3 is 1.51 bits per heavy atom. The van der Waals surface area contributed by atoms with Gasteiger partial charge in [0.2, 0.25) is 10.0 Å². The number of hydrogen-bond acceptors (Lipinski definition) is 13. The van der Waals surface area contributed by atoms with E-state index in [1.165, 1.54) is 70.1 Å². The standard InChI is InChI=1S/C15H13F3O2.C15H13F3O.C11H14O2S.C11H14O2.C10H13NO2S.C10H14O2S.C10H14O.C9H11ClO/c1-11-3-2-4-12(9-11)10-19-13-5-7-14(8-6-13)20-15(16,17)18;1-11-5-2-3-6-12(11)10-19-14-8-4-7-13(9-14)15(16,17)18;1-9-3-2-4-10(7-9)8-14(12,13)11-5-6-11;1-9-4-3-5-10(8-9)6-7-11(12)13-2;1-9-4-2-5-10(8-9)11-6-3-7-14(11,12)13;1-3-13(11,12)8-10-6-4-5-9(2)7-10;1-9-4-2-5-10(8-9)6-3-7-11;1-3-11-9-6-8(10)5-4-7(9)2/h2-9H,10H2,1H3;2-9H,10H2,1H3;2-4,7,11H,5-6,8H2,1H3;3-5,8H,6-7H2,1-2H3;2,4-5,8H,3,6-7H2,1H3;4-7H,3,8H2,1-2H3;2,4-5,8,11H,3,6-7H2,1H3;4-6H,3H2,1-2H3. The van der Waals surface area contributed by atoms with Crippen molar-refractivity contribution >= 4 is 53.0 Å². The van der Waals surface area contributed by atoms with Gasteiger partial charge in [0.05, 0.1) is 47.5 Å². The number of aryl methyl sites for hydroxylation is 10. The van der Waals surface area contributed by atoms with E-state index in [2.05, 4.69) is 46.7 Å². The van der Waals surface area contributed by atoms with E-state index in [1.807, 2.05) is 213 Å². The highest BCUT2D eigenvalue weighted by Crippen LogP contribution is 2.33. The maximum Gasteiger partial charge on any atom is 0.573 e. The zero-order chi connectivity index (χ0) is 84.8. The predicted octanol–water partition coefficient (Wildman–Crippen LogP) is 21.7. The van der Waals surface area contributed by atoms with Gasteiger partial charge in [-0.3, -0.25) is 9.10 Å². The second kappa shape index (κ2) is 48.0. The lowest BCUT2D eigenvalue weighted by molar-refractivity contribution is -0.274. The summed E-state index contributed by atoms with van der Waals surface area (Å²) in [5.74, 6) is 2.02. The number of rotatable bonds is 22. The Bertz CT molecular complexity index is 4970. The minimum atomic E-state index is -4.68. The number of sulfonamides is 1. The van der Waals surface area contributed by atoms with Crippen LogP contribution in [0.15, 0.2) is 237 Å². The van der Waals surface area contributed by atoms with Crippen LogP contribution in [0, 0.1) is 55.4 Å². The molecule has 10 aromatic rings. The van der Waals surface area contributed by atoms with E-state index in [0.717, 1.165) is 123 Å². The maximum atomic E-state index is 12.5. The van der Waals surface area contributed by atoms with Crippen molar-refractivity contribution in [3.8, 4) is 23.0 Å². The number of methoxy groups -OCH3 is 1. The van der Waals surface area contributed by atoms with Crippen molar-refractivity contribution in [1.29, 1.82) is 0 Å². The average molecular weight is 1670 g/mol. The summed E-state index contributed by atoms with van der Waals surface area (Å²) in [6.07, 6.45) is -3.51. The topological polar surface area (TPSA) is 189 Å². The van der Waals surface area contributed by atoms with Gasteiger partial charge in [-0.1, -0.05) is 216 Å². The third kappa shape index (κ3) is 38.6. The molecule has 2 fully saturated rings. The maximum absolute atomic E-state index is 12.5. The van der Waals surface area contributed by atoms with E-state index in [9.17, 15) is 56.4 Å². The number of sulfone groups is 2. The van der Waals surface area contributed by atoms with Crippen LogP contribution in [-0.2, 0) is 83.0 Å². The van der Waals surface area contributed by atoms with Crippen LogP contribution in [-0.4, -0.2) is 86.3 Å². The highest BCUT2D eigenvalue weighted by molar-refractivity contribution is 7.93. The molecule has 1 N–H and O–H groups in total. The summed E-state index contributed by atoms with van der Waals surface area (Å²) in [6, 6.07) is 70.8. The number of hydrogen-bond donors (Lipinski definition) is 1. The first kappa shape index (κ1) is 95.9. The molecule has 115 heavy (non-hydrogen) atoms. The van der Waals surface area contributed by atoms with Gasteiger partial charge in [0.15, 0.2) is 19.7 Å². The molecule has 2 aliphatic rings. The molecule has 1 saturated heterocycles. The molecule has 12 rings (SSSR count). The number of benzene rings is 10. The smallest absolute Gasteiger partial charge is 0.494 e. The van der Waals surface area contributed by atoms with Crippen molar-refractivity contribution in [3.63, 3.8) is 0 Å². The molecule has 0 amide bonds. The third-order valence-corrected chi connectivity index (χ3v) is 23.2. The van der Waals surface area contributed by atoms with Gasteiger partial charge >= 0.3 is 18.5 Å². The first-order valence-corrected chi connectivity index (χ1v) is 43.1. The molecule has 0 spiro atoms. The number of alkyl halides is 6. The minimum absolute atomic E-state index is 0.0528. The molecule has 24 heteroatoms. The molecule has 0 atom stereocenters. The zero-order valence-corrected chi connectivity index (χ0v) is 70.3. The van der Waals surface area contributed by atoms with E-state index in [4.69, 9.17) is 30.9 Å². The van der Waals surface area contributed by atoms with Gasteiger partial charge in [0.1, 0.15) is 36.2 Å². The molecule has 0 aromatic heterocycles. The zero-order valence-electron chi connectivity index (χ0n) is 67.1. The molecule has 0 unspecified atom stereocenters. The first-order valence-electron chi connectivity index (χ1n) is 37.5. The van der Waals surface area contributed by atoms with Gasteiger partial charge in [0, 0.05) is 30.3 Å². The van der Waals surface area contributed by atoms with Gasteiger partial charge in [0.25, 0.3) is 0 Å². The molecule has 1 aliphatic heterocycles. The number of aliphatic hydroxyl groups is 1. The minimum Gasteiger partial charge on any atom is -0.494 e. The molecule has 1 heterocycles. The van der Waals surface area contributed by atoms with Crippen LogP contribution in [0.25, 0.3) is 0 Å². The van der Waals surface area contributed by atoms with Crippen molar-refractivity contribution < 1.29 is 85.2 Å². The quantitative estimate of drug-likeness (QED) is 0.0499. The highest BCUT2D eigenvalue weighted by atomic mass is 35.5. The number of carbonyl (C=O) groups excluding carboxylic acids is 1. The summed E-state index contributed by atoms with van der Waals surface area (Å²) in [4.78, 5) is 10.8. The van der Waals surface area contributed by atoms with Crippen LogP contribution in [0.2, 0.25) is 5.02 Å². The van der Waals surface area contributed by atoms with Crippen molar-refractivity contribution in [1.82, 2.24) is 0 Å². The SMILES string of the molecule is CCOc1cc(Cl)ccc1C.CCS(=O)(=O)Cc1cccc(C)c1.COC(=O)CCc1cccc(C)c1.Cc1cccc(CCCO)c1.Cc1cccc(COc2ccc(OC(F)(F)F)cc2)c1.Cc1cccc(CS(=O)(=O)C2CC2)c1.Cc1cccc(N2CCCS2(=O)=O)c1.Cc1ccccc1COc1cccc(C(F)(F)F)c1. The van der Waals surface area contributed by atoms with E-state index < -0.39 is 47.8 Å². The van der Waals surface area contributed by atoms with Crippen LogP contribution in [0.5, 0.6) is 23.0 Å². The Kier molecular flexibility index (Phi) is 40.1. The Hall–Kier alpha value is -9.65. The van der Waals surface area contributed by atoms with E-state index in [1.54, 1.807) is 6.92 Å². The molecular formula is C91H106ClF6NO13S3. The van der Waals surface area contributed by atoms with Crippen molar-refractivity contribution in [2.75, 3.05) is 42.7 Å². The monoisotopic (exact) mass is 1670 g/mol. The van der Waals surface area contributed by atoms with Crippen LogP contribution in [0.4, 0.5) is 32.0 Å². The van der Waals surface area contributed by atoms with Crippen molar-refractivity contribution in [2.24, 2.45) is 0 Å². The summed E-state index contributed by atoms with van der Waals surface area (Å²) in [5.41, 5.74) is 15.5. The molecule has 0 radical (unpaired) electrons. The second-order valence-corrected chi connectivity index (χ2v) is 34.6. The Labute approximate surface area is 681 Å². The number of ether oxygens (including phenoxy) is 5. The van der Waals surface area contributed by atoms with E-state index in [-0.39, 0.29) is 58.9 Å². The van der Waals surface area contributed by atoms with Crippen LogP contribution >= 0.6 is 11.6 Å². The van der Waals surface area contributed by atoms with Crippen LogP contribution in [0.3, 0.4) is 0 Å². The lowest BCUT2D eigenvalue weighted by Gasteiger charge is -2.16. The Balaban J connectivity index is 0.000000237. The van der Waals surface area contributed by atoms with Gasteiger partial charge < -0.3 is 28.8 Å². The summed E-state index contributed by atoms with van der Waals surface area (Å²) in [7, 11) is -7.35. The number of halogens is 7. The summed E-state index contributed by atoms with van der Waals surface area (Å²) in [6.45, 7) is 21.8. The molecule has 10 aromatic carbocycles. The molecular weight excluding hydrogens is 1560 g/mol. The summed E-state index contributed by atoms with van der Waals surface area (Å²) in [5, 5.41) is 9.27. The van der Waals surface area contributed by atoms with Crippen molar-refractivity contribution in [2.45, 2.75) is 157 Å². The second-order valence-electron chi connectivity index (χ2n) is 27.5. The van der Waals surface area contributed by atoms with E-state index in [0.29, 0.717) is 31.9 Å². The number of esters is 1. The number of nitrogens with zero attached hydrogens (tertiary/aromatic N) is 1. The molecule has 0 bridgehead atoms. The fraction of sp³-hybridized carbons (Fsp3) is 0.330. The molecule has 620 valence electrons. The summed E-state index contributed by atoms with van der Waals surface area (Å²) < 4.78 is 169. The summed E-state index contributed by atoms with van der Waals surface area (Å²) >= 11 is 5.77. The largest absolute Gasteiger partial charge is 0.573 e. The Morgan fingerprint density at radius 2 is 1.02 bits per heavy atom. The predicted molar refractivity (Wildman–Crippen MR) is 449 cm³/mol. The van der Waals surface area contributed by atoms with Crippen molar-refractivity contribution in [3.05, 3.63) is 325 Å². The molecule has 1 saturated carbocycles. The van der Waals surface area contributed by atoms with Crippen LogP contribution < -0.4 is 23.3 Å². The normalized spacial score (nSPS) is 12.6. The number of aliphatic hydroxyl groups excluding tert-OH is 1. The van der Waals surface area contributed by atoms with Gasteiger partial charge in [-0.05, 0) is 218 Å². The molecule has 1 aliphatic carbocycles.